The zero-order chi connectivity index (χ0) is 30.6. The molecule has 0 aliphatic heterocycles. The summed E-state index contributed by atoms with van der Waals surface area (Å²) < 4.78 is 8.92. The van der Waals surface area contributed by atoms with Crippen LogP contribution in [-0.2, 0) is 5.41 Å². The van der Waals surface area contributed by atoms with Gasteiger partial charge in [-0.05, 0) is 99.8 Å². The molecular formula is C43H29NOS. The van der Waals surface area contributed by atoms with E-state index in [2.05, 4.69) is 146 Å². The predicted octanol–water partition coefficient (Wildman–Crippen LogP) is 12.9. The van der Waals surface area contributed by atoms with Crippen molar-refractivity contribution in [2.75, 3.05) is 4.90 Å². The first kappa shape index (κ1) is 25.9. The Hall–Kier alpha value is -5.38. The SMILES string of the molecule is CC1(C)c2ccccc2-c2cc(N(c3ccc4cc5c(cc4c3)oc3ccccc35)c3ccc4sc5ccccc5c4c3)ccc21. The molecule has 2 heterocycles. The number of hydrogen-bond donors (Lipinski definition) is 0. The smallest absolute Gasteiger partial charge is 0.136 e. The van der Waals surface area contributed by atoms with Crippen molar-refractivity contribution in [3.8, 4) is 11.1 Å². The van der Waals surface area contributed by atoms with E-state index in [4.69, 9.17) is 4.42 Å². The van der Waals surface area contributed by atoms with Gasteiger partial charge in [-0.15, -0.1) is 11.3 Å². The molecule has 0 radical (unpaired) electrons. The molecule has 0 atom stereocenters. The fraction of sp³-hybridized carbons (Fsp3) is 0.0698. The van der Waals surface area contributed by atoms with Crippen molar-refractivity contribution in [3.63, 3.8) is 0 Å². The molecule has 2 aromatic heterocycles. The fourth-order valence-electron chi connectivity index (χ4n) is 7.74. The van der Waals surface area contributed by atoms with Gasteiger partial charge in [-0.1, -0.05) is 86.6 Å². The van der Waals surface area contributed by atoms with E-state index in [1.807, 2.05) is 23.5 Å². The number of nitrogens with zero attached hydrogens (tertiary/aromatic N) is 1. The highest BCUT2D eigenvalue weighted by Gasteiger charge is 2.35. The highest BCUT2D eigenvalue weighted by atomic mass is 32.1. The van der Waals surface area contributed by atoms with Crippen LogP contribution in [0.15, 0.2) is 144 Å². The summed E-state index contributed by atoms with van der Waals surface area (Å²) in [5.74, 6) is 0. The van der Waals surface area contributed by atoms with Crippen LogP contribution in [0.2, 0.25) is 0 Å². The van der Waals surface area contributed by atoms with Crippen LogP contribution in [0.3, 0.4) is 0 Å². The molecule has 2 nitrogen and oxygen atoms in total. The largest absolute Gasteiger partial charge is 0.456 e. The van der Waals surface area contributed by atoms with E-state index in [1.54, 1.807) is 0 Å². The summed E-state index contributed by atoms with van der Waals surface area (Å²) in [7, 11) is 0. The molecule has 0 unspecified atom stereocenters. The first-order valence-electron chi connectivity index (χ1n) is 15.8. The Kier molecular flexibility index (Phi) is 5.25. The molecule has 1 aliphatic rings. The number of hydrogen-bond acceptors (Lipinski definition) is 3. The monoisotopic (exact) mass is 607 g/mol. The van der Waals surface area contributed by atoms with Gasteiger partial charge in [0.2, 0.25) is 0 Å². The second-order valence-corrected chi connectivity index (χ2v) is 14.1. The number of anilines is 3. The molecule has 10 rings (SSSR count). The quantitative estimate of drug-likeness (QED) is 0.199. The Morgan fingerprint density at radius 2 is 1.17 bits per heavy atom. The van der Waals surface area contributed by atoms with E-state index >= 15 is 0 Å². The molecule has 1 aliphatic carbocycles. The molecule has 9 aromatic rings. The molecule has 0 saturated heterocycles. The minimum Gasteiger partial charge on any atom is -0.456 e. The number of rotatable bonds is 3. The summed E-state index contributed by atoms with van der Waals surface area (Å²) in [5.41, 5.74) is 10.6. The number of furan rings is 1. The van der Waals surface area contributed by atoms with Gasteiger partial charge in [0, 0.05) is 53.4 Å². The molecule has 46 heavy (non-hydrogen) atoms. The van der Waals surface area contributed by atoms with Gasteiger partial charge in [-0.25, -0.2) is 0 Å². The number of benzene rings is 7. The Morgan fingerprint density at radius 3 is 2.11 bits per heavy atom. The lowest BCUT2D eigenvalue weighted by Crippen LogP contribution is -2.15. The van der Waals surface area contributed by atoms with E-state index in [0.29, 0.717) is 0 Å². The minimum absolute atomic E-state index is 0.0370. The molecule has 0 N–H and O–H groups in total. The molecule has 0 spiro atoms. The van der Waals surface area contributed by atoms with Crippen molar-refractivity contribution < 1.29 is 4.42 Å². The average molecular weight is 608 g/mol. The normalized spacial score (nSPS) is 13.6. The number of fused-ring (bicyclic) bond motifs is 10. The van der Waals surface area contributed by atoms with Crippen LogP contribution in [0.5, 0.6) is 0 Å². The standard InChI is InChI=1S/C43H29NOS/c1-43(2)37-12-6-3-9-31(37)34-24-29(17-19-38(34)43)44(30-18-20-42-36(25-30)33-11-5-8-14-41(33)46-42)28-16-15-26-22-35-32-10-4-7-13-39(32)45-40(35)23-27(26)21-28/h3-25H,1-2H3. The zero-order valence-corrected chi connectivity index (χ0v) is 26.4. The van der Waals surface area contributed by atoms with Crippen molar-refractivity contribution in [2.45, 2.75) is 19.3 Å². The fourth-order valence-corrected chi connectivity index (χ4v) is 8.83. The Morgan fingerprint density at radius 1 is 0.478 bits per heavy atom. The topological polar surface area (TPSA) is 16.4 Å². The van der Waals surface area contributed by atoms with Gasteiger partial charge in [-0.2, -0.15) is 0 Å². The van der Waals surface area contributed by atoms with Crippen molar-refractivity contribution in [3.05, 3.63) is 151 Å². The summed E-state index contributed by atoms with van der Waals surface area (Å²) in [4.78, 5) is 2.42. The lowest BCUT2D eigenvalue weighted by Gasteiger charge is -2.27. The zero-order valence-electron chi connectivity index (χ0n) is 25.5. The summed E-state index contributed by atoms with van der Waals surface area (Å²) in [6.45, 7) is 4.68. The van der Waals surface area contributed by atoms with Gasteiger partial charge >= 0.3 is 0 Å². The van der Waals surface area contributed by atoms with E-state index in [1.165, 1.54) is 47.8 Å². The molecule has 0 fully saturated rings. The number of thiophene rings is 1. The highest BCUT2D eigenvalue weighted by molar-refractivity contribution is 7.25. The minimum atomic E-state index is -0.0370. The third-order valence-corrected chi connectivity index (χ3v) is 11.2. The molecule has 7 aromatic carbocycles. The van der Waals surface area contributed by atoms with E-state index in [9.17, 15) is 0 Å². The van der Waals surface area contributed by atoms with Gasteiger partial charge < -0.3 is 9.32 Å². The Balaban J connectivity index is 1.21. The second-order valence-electron chi connectivity index (χ2n) is 13.0. The van der Waals surface area contributed by atoms with Crippen LogP contribution < -0.4 is 4.90 Å². The van der Waals surface area contributed by atoms with Crippen LogP contribution in [0.1, 0.15) is 25.0 Å². The molecular weight excluding hydrogens is 579 g/mol. The van der Waals surface area contributed by atoms with E-state index < -0.39 is 0 Å². The lowest BCUT2D eigenvalue weighted by molar-refractivity contribution is 0.660. The van der Waals surface area contributed by atoms with Crippen molar-refractivity contribution in [1.82, 2.24) is 0 Å². The van der Waals surface area contributed by atoms with Crippen molar-refractivity contribution in [1.29, 1.82) is 0 Å². The predicted molar refractivity (Wildman–Crippen MR) is 196 cm³/mol. The van der Waals surface area contributed by atoms with Crippen LogP contribution in [-0.4, -0.2) is 0 Å². The third kappa shape index (κ3) is 3.64. The maximum absolute atomic E-state index is 6.30. The number of para-hydroxylation sites is 1. The van der Waals surface area contributed by atoms with E-state index in [-0.39, 0.29) is 5.41 Å². The van der Waals surface area contributed by atoms with Gasteiger partial charge in [0.25, 0.3) is 0 Å². The van der Waals surface area contributed by atoms with Crippen LogP contribution in [0, 0.1) is 0 Å². The molecule has 218 valence electrons. The second kappa shape index (κ2) is 9.32. The highest BCUT2D eigenvalue weighted by Crippen LogP contribution is 2.51. The summed E-state index contributed by atoms with van der Waals surface area (Å²) in [5, 5.41) is 7.26. The molecule has 3 heteroatoms. The lowest BCUT2D eigenvalue weighted by atomic mass is 9.82. The maximum atomic E-state index is 6.30. The summed E-state index contributed by atoms with van der Waals surface area (Å²) in [6, 6.07) is 51.1. The summed E-state index contributed by atoms with van der Waals surface area (Å²) in [6.07, 6.45) is 0. The van der Waals surface area contributed by atoms with Gasteiger partial charge in [0.1, 0.15) is 11.2 Å². The van der Waals surface area contributed by atoms with Crippen LogP contribution in [0.4, 0.5) is 17.1 Å². The van der Waals surface area contributed by atoms with Crippen LogP contribution in [0.25, 0.3) is 64.0 Å². The molecule has 0 bridgehead atoms. The maximum Gasteiger partial charge on any atom is 0.136 e. The first-order chi connectivity index (χ1) is 22.5. The molecule has 0 saturated carbocycles. The summed E-state index contributed by atoms with van der Waals surface area (Å²) >= 11 is 1.86. The Labute approximate surface area is 270 Å². The Bertz CT molecular complexity index is 2690. The van der Waals surface area contributed by atoms with E-state index in [0.717, 1.165) is 44.4 Å². The van der Waals surface area contributed by atoms with Gasteiger partial charge in [0.15, 0.2) is 0 Å². The molecule has 0 amide bonds. The van der Waals surface area contributed by atoms with Gasteiger partial charge in [-0.3, -0.25) is 0 Å². The average Bonchev–Trinajstić information content (AvgIpc) is 3.71. The van der Waals surface area contributed by atoms with Crippen LogP contribution >= 0.6 is 11.3 Å². The first-order valence-corrected chi connectivity index (χ1v) is 16.7. The van der Waals surface area contributed by atoms with Crippen molar-refractivity contribution >= 4 is 81.3 Å². The third-order valence-electron chi connectivity index (χ3n) is 10.0. The van der Waals surface area contributed by atoms with Crippen molar-refractivity contribution in [2.24, 2.45) is 0 Å². The van der Waals surface area contributed by atoms with Gasteiger partial charge in [0.05, 0.1) is 0 Å².